The molecule has 6 nitrogen and oxygen atoms in total. The Morgan fingerprint density at radius 3 is 2.59 bits per heavy atom. The number of hydrogen-bond acceptors (Lipinski definition) is 4. The number of thiocarbonyl (C=S) groups is 1. The number of hydrogen-bond donors (Lipinski definition) is 3. The average molecular weight is 450 g/mol. The lowest BCUT2D eigenvalue weighted by Crippen LogP contribution is -2.35. The van der Waals surface area contributed by atoms with Crippen LogP contribution in [-0.4, -0.2) is 37.2 Å². The minimum absolute atomic E-state index is 0.105. The smallest absolute Gasteiger partial charge is 0.257 e. The molecule has 0 aliphatic carbocycles. The summed E-state index contributed by atoms with van der Waals surface area (Å²) in [4.78, 5) is 24.6. The maximum Gasteiger partial charge on any atom is 0.257 e. The molecule has 2 aromatic rings. The van der Waals surface area contributed by atoms with E-state index < -0.39 is 0 Å². The van der Waals surface area contributed by atoms with Crippen molar-refractivity contribution in [2.75, 3.05) is 25.6 Å². The molecule has 0 saturated heterocycles. The van der Waals surface area contributed by atoms with E-state index in [0.29, 0.717) is 30.0 Å². The first-order valence-electron chi connectivity index (χ1n) is 8.17. The van der Waals surface area contributed by atoms with E-state index in [2.05, 4.69) is 31.9 Å². The summed E-state index contributed by atoms with van der Waals surface area (Å²) in [6, 6.07) is 12.2. The highest BCUT2D eigenvalue weighted by Gasteiger charge is 2.13. The van der Waals surface area contributed by atoms with Crippen LogP contribution in [0.2, 0.25) is 0 Å². The molecule has 0 radical (unpaired) electrons. The summed E-state index contributed by atoms with van der Waals surface area (Å²) in [5, 5.41) is 8.38. The molecule has 27 heavy (non-hydrogen) atoms. The normalized spacial score (nSPS) is 10.2. The van der Waals surface area contributed by atoms with Crippen LogP contribution < -0.4 is 16.0 Å². The van der Waals surface area contributed by atoms with Gasteiger partial charge in [0.15, 0.2) is 5.11 Å². The highest BCUT2D eigenvalue weighted by molar-refractivity contribution is 9.10. The molecule has 0 aliphatic rings. The van der Waals surface area contributed by atoms with Gasteiger partial charge in [0, 0.05) is 23.7 Å². The van der Waals surface area contributed by atoms with Gasteiger partial charge < -0.3 is 15.4 Å². The first-order valence-corrected chi connectivity index (χ1v) is 9.37. The Morgan fingerprint density at radius 2 is 1.89 bits per heavy atom. The van der Waals surface area contributed by atoms with Crippen LogP contribution in [0.3, 0.4) is 0 Å². The maximum absolute atomic E-state index is 12.3. The molecular formula is C19H20BrN3O3S. The number of para-hydroxylation sites is 1. The topological polar surface area (TPSA) is 79.5 Å². The maximum atomic E-state index is 12.3. The molecule has 142 valence electrons. The van der Waals surface area contributed by atoms with E-state index in [1.807, 2.05) is 13.0 Å². The summed E-state index contributed by atoms with van der Waals surface area (Å²) in [5.74, 6) is -0.595. The molecule has 0 bridgehead atoms. The molecule has 0 saturated carbocycles. The Balaban J connectivity index is 2.04. The van der Waals surface area contributed by atoms with Gasteiger partial charge in [0.1, 0.15) is 0 Å². The second-order valence-electron chi connectivity index (χ2n) is 5.67. The van der Waals surface area contributed by atoms with Gasteiger partial charge in [0.25, 0.3) is 11.8 Å². The SMILES string of the molecule is COCCNC(=O)c1ccccc1NC(=S)NC(=O)c1ccc(C)c(Br)c1. The third-order valence-corrected chi connectivity index (χ3v) is 4.73. The summed E-state index contributed by atoms with van der Waals surface area (Å²) >= 11 is 8.62. The molecule has 8 heteroatoms. The number of benzene rings is 2. The van der Waals surface area contributed by atoms with Crippen LogP contribution in [0.1, 0.15) is 26.3 Å². The first-order chi connectivity index (χ1) is 12.9. The van der Waals surface area contributed by atoms with Crippen LogP contribution in [0.15, 0.2) is 46.9 Å². The molecule has 2 amide bonds. The Hall–Kier alpha value is -2.29. The molecule has 0 spiro atoms. The molecule has 0 heterocycles. The monoisotopic (exact) mass is 449 g/mol. The summed E-state index contributed by atoms with van der Waals surface area (Å²) in [5.41, 5.74) is 2.42. The lowest BCUT2D eigenvalue weighted by molar-refractivity contribution is 0.0937. The molecule has 3 N–H and O–H groups in total. The van der Waals surface area contributed by atoms with E-state index in [1.165, 1.54) is 0 Å². The summed E-state index contributed by atoms with van der Waals surface area (Å²) in [6.45, 7) is 2.75. The van der Waals surface area contributed by atoms with Gasteiger partial charge in [-0.1, -0.05) is 34.1 Å². The van der Waals surface area contributed by atoms with Crippen molar-refractivity contribution >= 4 is 50.8 Å². The number of methoxy groups -OCH3 is 1. The quantitative estimate of drug-likeness (QED) is 0.465. The molecular weight excluding hydrogens is 430 g/mol. The van der Waals surface area contributed by atoms with Gasteiger partial charge in [0.2, 0.25) is 0 Å². The van der Waals surface area contributed by atoms with Gasteiger partial charge in [-0.05, 0) is 49.0 Å². The predicted molar refractivity (Wildman–Crippen MR) is 113 cm³/mol. The largest absolute Gasteiger partial charge is 0.383 e. The molecule has 2 aromatic carbocycles. The Labute approximate surface area is 171 Å². The number of rotatable bonds is 6. The van der Waals surface area contributed by atoms with Gasteiger partial charge in [-0.3, -0.25) is 14.9 Å². The van der Waals surface area contributed by atoms with Crippen molar-refractivity contribution < 1.29 is 14.3 Å². The van der Waals surface area contributed by atoms with Crippen molar-refractivity contribution in [3.05, 3.63) is 63.6 Å². The summed E-state index contributed by atoms with van der Waals surface area (Å²) < 4.78 is 5.76. The number of halogens is 1. The first kappa shape index (κ1) is 21.0. The Morgan fingerprint density at radius 1 is 1.15 bits per heavy atom. The number of amides is 2. The molecule has 0 unspecified atom stereocenters. The lowest BCUT2D eigenvalue weighted by Gasteiger charge is -2.14. The predicted octanol–water partition coefficient (Wildman–Crippen LogP) is 3.26. The zero-order valence-electron chi connectivity index (χ0n) is 15.0. The third kappa shape index (κ3) is 6.13. The molecule has 2 rings (SSSR count). The fourth-order valence-electron chi connectivity index (χ4n) is 2.21. The molecule has 0 aliphatic heterocycles. The lowest BCUT2D eigenvalue weighted by atomic mass is 10.1. The Bertz CT molecular complexity index is 858. The highest BCUT2D eigenvalue weighted by Crippen LogP contribution is 2.18. The standard InChI is InChI=1S/C19H20BrN3O3S/c1-12-7-8-13(11-15(12)20)17(24)23-19(27)22-16-6-4-3-5-14(16)18(25)21-9-10-26-2/h3-8,11H,9-10H2,1-2H3,(H,21,25)(H2,22,23,24,27). The van der Waals surface area contributed by atoms with Crippen molar-refractivity contribution in [2.45, 2.75) is 6.92 Å². The second kappa shape index (κ2) is 10.1. The van der Waals surface area contributed by atoms with Gasteiger partial charge in [-0.2, -0.15) is 0 Å². The average Bonchev–Trinajstić information content (AvgIpc) is 2.64. The van der Waals surface area contributed by atoms with E-state index in [1.54, 1.807) is 43.5 Å². The van der Waals surface area contributed by atoms with Gasteiger partial charge in [-0.25, -0.2) is 0 Å². The fraction of sp³-hybridized carbons (Fsp3) is 0.211. The van der Waals surface area contributed by atoms with E-state index in [4.69, 9.17) is 17.0 Å². The van der Waals surface area contributed by atoms with E-state index in [0.717, 1.165) is 10.0 Å². The number of ether oxygens (including phenoxy) is 1. The number of nitrogens with one attached hydrogen (secondary N) is 3. The van der Waals surface area contributed by atoms with Crippen molar-refractivity contribution in [1.82, 2.24) is 10.6 Å². The van der Waals surface area contributed by atoms with Crippen LogP contribution in [0, 0.1) is 6.92 Å². The van der Waals surface area contributed by atoms with Crippen LogP contribution in [0.5, 0.6) is 0 Å². The zero-order valence-corrected chi connectivity index (χ0v) is 17.4. The number of carbonyl (C=O) groups is 2. The zero-order chi connectivity index (χ0) is 19.8. The summed E-state index contributed by atoms with van der Waals surface area (Å²) in [6.07, 6.45) is 0. The van der Waals surface area contributed by atoms with E-state index >= 15 is 0 Å². The van der Waals surface area contributed by atoms with Gasteiger partial charge in [0.05, 0.1) is 17.9 Å². The number of anilines is 1. The number of carbonyl (C=O) groups excluding carboxylic acids is 2. The minimum atomic E-state index is -0.338. The van der Waals surface area contributed by atoms with Crippen molar-refractivity contribution in [1.29, 1.82) is 0 Å². The number of aryl methyl sites for hydroxylation is 1. The molecule has 0 aromatic heterocycles. The third-order valence-electron chi connectivity index (χ3n) is 3.67. The van der Waals surface area contributed by atoms with Crippen LogP contribution in [-0.2, 0) is 4.74 Å². The van der Waals surface area contributed by atoms with E-state index in [-0.39, 0.29) is 16.9 Å². The minimum Gasteiger partial charge on any atom is -0.383 e. The van der Waals surface area contributed by atoms with Crippen molar-refractivity contribution in [3.8, 4) is 0 Å². The highest BCUT2D eigenvalue weighted by atomic mass is 79.9. The van der Waals surface area contributed by atoms with Crippen LogP contribution in [0.25, 0.3) is 0 Å². The molecule has 0 atom stereocenters. The van der Waals surface area contributed by atoms with Gasteiger partial charge in [-0.15, -0.1) is 0 Å². The van der Waals surface area contributed by atoms with Crippen LogP contribution in [0.4, 0.5) is 5.69 Å². The second-order valence-corrected chi connectivity index (χ2v) is 6.93. The van der Waals surface area contributed by atoms with Crippen molar-refractivity contribution in [2.24, 2.45) is 0 Å². The van der Waals surface area contributed by atoms with Crippen LogP contribution >= 0.6 is 28.1 Å². The summed E-state index contributed by atoms with van der Waals surface area (Å²) in [7, 11) is 1.56. The fourth-order valence-corrected chi connectivity index (χ4v) is 2.80. The van der Waals surface area contributed by atoms with Crippen molar-refractivity contribution in [3.63, 3.8) is 0 Å². The van der Waals surface area contributed by atoms with Gasteiger partial charge >= 0.3 is 0 Å². The molecule has 0 fully saturated rings. The Kier molecular flexibility index (Phi) is 7.90. The van der Waals surface area contributed by atoms with E-state index in [9.17, 15) is 9.59 Å².